The Morgan fingerprint density at radius 3 is 2.00 bits per heavy atom. The van der Waals surface area contributed by atoms with E-state index in [4.69, 9.17) is 25.5 Å². The van der Waals surface area contributed by atoms with Crippen LogP contribution in [-0.2, 0) is 17.6 Å². The van der Waals surface area contributed by atoms with Gasteiger partial charge in [-0.3, -0.25) is 0 Å². The first kappa shape index (κ1) is 28.5. The highest BCUT2D eigenvalue weighted by Crippen LogP contribution is 2.59. The first-order valence-corrected chi connectivity index (χ1v) is 14.8. The molecule has 6 heteroatoms. The molecule has 1 aliphatic heterocycles. The molecular weight excluding hydrogens is 562 g/mol. The highest BCUT2D eigenvalue weighted by molar-refractivity contribution is 6.09. The highest BCUT2D eigenvalue weighted by Gasteiger charge is 2.44. The lowest BCUT2D eigenvalue weighted by Crippen LogP contribution is -2.35. The fraction of sp³-hybridized carbons (Fsp3) is 0.205. The van der Waals surface area contributed by atoms with Gasteiger partial charge in [0, 0.05) is 33.1 Å². The monoisotopic (exact) mass is 595 g/mol. The summed E-state index contributed by atoms with van der Waals surface area (Å²) in [6, 6.07) is 25.8. The van der Waals surface area contributed by atoms with Crippen molar-refractivity contribution >= 4 is 22.5 Å². The molecule has 5 aromatic rings. The Morgan fingerprint density at radius 1 is 0.800 bits per heavy atom. The van der Waals surface area contributed by atoms with Gasteiger partial charge >= 0.3 is 0 Å². The number of benzene rings is 5. The van der Waals surface area contributed by atoms with Crippen LogP contribution in [0, 0.1) is 6.57 Å². The largest absolute Gasteiger partial charge is 0.497 e. The van der Waals surface area contributed by atoms with Crippen molar-refractivity contribution in [3.63, 3.8) is 0 Å². The zero-order chi connectivity index (χ0) is 31.5. The van der Waals surface area contributed by atoms with E-state index in [0.717, 1.165) is 67.0 Å². The van der Waals surface area contributed by atoms with Crippen molar-refractivity contribution in [3.05, 3.63) is 130 Å². The number of rotatable bonds is 6. The van der Waals surface area contributed by atoms with Gasteiger partial charge < -0.3 is 24.1 Å². The summed E-state index contributed by atoms with van der Waals surface area (Å²) < 4.78 is 24.1. The van der Waals surface area contributed by atoms with Crippen molar-refractivity contribution in [2.45, 2.75) is 31.5 Å². The molecule has 7 rings (SSSR count). The molecule has 1 heterocycles. The number of ether oxygens (including phenoxy) is 4. The van der Waals surface area contributed by atoms with Gasteiger partial charge in [0.05, 0.1) is 34.5 Å². The molecule has 1 aliphatic carbocycles. The van der Waals surface area contributed by atoms with Crippen LogP contribution in [0.25, 0.3) is 32.8 Å². The fourth-order valence-corrected chi connectivity index (χ4v) is 7.08. The van der Waals surface area contributed by atoms with Gasteiger partial charge in [-0.05, 0) is 70.1 Å². The van der Waals surface area contributed by atoms with Crippen molar-refractivity contribution in [1.29, 1.82) is 0 Å². The van der Waals surface area contributed by atoms with Crippen LogP contribution in [0.2, 0.25) is 0 Å². The molecule has 0 fully saturated rings. The Balaban J connectivity index is 1.57. The Hall–Kier alpha value is -5.25. The van der Waals surface area contributed by atoms with Crippen LogP contribution < -0.4 is 18.9 Å². The number of aliphatic hydroxyl groups is 1. The summed E-state index contributed by atoms with van der Waals surface area (Å²) in [7, 11) is 4.93. The fourth-order valence-electron chi connectivity index (χ4n) is 7.08. The maximum atomic E-state index is 10.4. The van der Waals surface area contributed by atoms with E-state index in [9.17, 15) is 5.11 Å². The lowest BCUT2D eigenvalue weighted by atomic mass is 9.76. The molecule has 0 amide bonds. The van der Waals surface area contributed by atoms with Crippen molar-refractivity contribution in [2.24, 2.45) is 0 Å². The summed E-state index contributed by atoms with van der Waals surface area (Å²) in [6.45, 7) is 11.9. The van der Waals surface area contributed by atoms with E-state index >= 15 is 0 Å². The number of fused-ring (bicyclic) bond motifs is 8. The quantitative estimate of drug-likeness (QED) is 0.199. The number of methoxy groups -OCH3 is 3. The van der Waals surface area contributed by atoms with Crippen LogP contribution in [0.3, 0.4) is 0 Å². The molecule has 0 aromatic heterocycles. The summed E-state index contributed by atoms with van der Waals surface area (Å²) >= 11 is 0. The predicted octanol–water partition coefficient (Wildman–Crippen LogP) is 8.56. The molecule has 0 bridgehead atoms. The first-order chi connectivity index (χ1) is 21.8. The molecule has 0 saturated carbocycles. The molecule has 224 valence electrons. The molecular formula is C39H33NO5. The van der Waals surface area contributed by atoms with E-state index in [2.05, 4.69) is 36.9 Å². The molecule has 0 unspecified atom stereocenters. The van der Waals surface area contributed by atoms with Gasteiger partial charge in [0.25, 0.3) is 0 Å². The normalized spacial score (nSPS) is 15.0. The van der Waals surface area contributed by atoms with E-state index in [1.54, 1.807) is 21.3 Å². The second kappa shape index (κ2) is 10.4. The zero-order valence-electron chi connectivity index (χ0n) is 25.9. The average Bonchev–Trinajstić information content (AvgIpc) is 3.33. The third kappa shape index (κ3) is 4.12. The smallest absolute Gasteiger partial charge is 0.187 e. The Morgan fingerprint density at radius 2 is 1.44 bits per heavy atom. The van der Waals surface area contributed by atoms with Crippen LogP contribution in [0.5, 0.6) is 23.0 Å². The molecule has 5 aromatic carbocycles. The molecule has 45 heavy (non-hydrogen) atoms. The maximum Gasteiger partial charge on any atom is 0.187 e. The lowest BCUT2D eigenvalue weighted by Gasteiger charge is -2.38. The van der Waals surface area contributed by atoms with E-state index in [1.807, 2.05) is 72.8 Å². The highest BCUT2D eigenvalue weighted by atomic mass is 16.5. The van der Waals surface area contributed by atoms with Crippen molar-refractivity contribution in [2.75, 3.05) is 21.3 Å². The molecule has 0 spiro atoms. The SMILES string of the molecule is [C-]#[N+]c1ccc2c(c1)C(C)(C)c1c3c(c4cc(OC)c(CO)cc4c1-2)OC(c1ccc(OC)cc1)(c1ccc(OC)cc1)C=C3. The van der Waals surface area contributed by atoms with Crippen molar-refractivity contribution in [1.82, 2.24) is 0 Å². The first-order valence-electron chi connectivity index (χ1n) is 14.8. The second-order valence-corrected chi connectivity index (χ2v) is 12.0. The third-order valence-corrected chi connectivity index (χ3v) is 9.35. The second-order valence-electron chi connectivity index (χ2n) is 12.0. The Kier molecular flexibility index (Phi) is 6.61. The minimum Gasteiger partial charge on any atom is -0.497 e. The van der Waals surface area contributed by atoms with Crippen LogP contribution in [0.4, 0.5) is 5.69 Å². The van der Waals surface area contributed by atoms with Crippen LogP contribution >= 0.6 is 0 Å². The summed E-state index contributed by atoms with van der Waals surface area (Å²) in [5.74, 6) is 2.83. The predicted molar refractivity (Wildman–Crippen MR) is 177 cm³/mol. The molecule has 1 N–H and O–H groups in total. The van der Waals surface area contributed by atoms with E-state index < -0.39 is 11.0 Å². The summed E-state index contributed by atoms with van der Waals surface area (Å²) in [5.41, 5.74) is 7.17. The van der Waals surface area contributed by atoms with E-state index in [1.165, 1.54) is 0 Å². The van der Waals surface area contributed by atoms with E-state index in [0.29, 0.717) is 17.0 Å². The topological polar surface area (TPSA) is 61.5 Å². The van der Waals surface area contributed by atoms with Gasteiger partial charge in [0.2, 0.25) is 0 Å². The summed E-state index contributed by atoms with van der Waals surface area (Å²) in [6.07, 6.45) is 4.31. The number of hydrogen-bond acceptors (Lipinski definition) is 5. The standard InChI is InChI=1S/C39H33NO5/c1-38(2)33-20-26(40-3)11-16-29(33)35-31-19-23(22-41)34(44-6)21-32(31)37-30(36(35)38)17-18-39(45-37,24-7-12-27(42-4)13-8-24)25-9-14-28(43-5)15-10-25/h7-21,41H,22H2,1-2,4-6H3. The lowest BCUT2D eigenvalue weighted by molar-refractivity contribution is 0.163. The zero-order valence-corrected chi connectivity index (χ0v) is 25.9. The number of hydrogen-bond donors (Lipinski definition) is 1. The minimum atomic E-state index is -0.970. The Bertz CT molecular complexity index is 2000. The number of aliphatic hydroxyl groups excluding tert-OH is 1. The molecule has 0 atom stereocenters. The van der Waals surface area contributed by atoms with Gasteiger partial charge in [-0.15, -0.1) is 0 Å². The van der Waals surface area contributed by atoms with E-state index in [-0.39, 0.29) is 6.61 Å². The van der Waals surface area contributed by atoms with Crippen LogP contribution in [0.1, 0.15) is 47.2 Å². The van der Waals surface area contributed by atoms with Gasteiger partial charge in [-0.1, -0.05) is 62.4 Å². The van der Waals surface area contributed by atoms with Gasteiger partial charge in [0.1, 0.15) is 23.0 Å². The molecule has 2 aliphatic rings. The van der Waals surface area contributed by atoms with Gasteiger partial charge in [0.15, 0.2) is 11.3 Å². The molecule has 6 nitrogen and oxygen atoms in total. The molecule has 0 radical (unpaired) electrons. The van der Waals surface area contributed by atoms with Crippen LogP contribution in [-0.4, -0.2) is 26.4 Å². The van der Waals surface area contributed by atoms with Gasteiger partial charge in [-0.2, -0.15) is 0 Å². The average molecular weight is 596 g/mol. The maximum absolute atomic E-state index is 10.4. The van der Waals surface area contributed by atoms with Crippen LogP contribution in [0.15, 0.2) is 84.9 Å². The van der Waals surface area contributed by atoms with Gasteiger partial charge in [-0.25, -0.2) is 4.85 Å². The summed E-state index contributed by atoms with van der Waals surface area (Å²) in [5, 5.41) is 12.2. The minimum absolute atomic E-state index is 0.166. The summed E-state index contributed by atoms with van der Waals surface area (Å²) in [4.78, 5) is 3.73. The number of nitrogens with zero attached hydrogens (tertiary/aromatic N) is 1. The van der Waals surface area contributed by atoms with Crippen molar-refractivity contribution < 1.29 is 24.1 Å². The van der Waals surface area contributed by atoms with Crippen molar-refractivity contribution in [3.8, 4) is 34.1 Å². The Labute approximate surface area is 262 Å². The third-order valence-electron chi connectivity index (χ3n) is 9.35. The molecule has 0 saturated heterocycles.